The van der Waals surface area contributed by atoms with Gasteiger partial charge in [0, 0.05) is 24.0 Å². The summed E-state index contributed by atoms with van der Waals surface area (Å²) in [5.41, 5.74) is 7.00. The topological polar surface area (TPSA) is 73.8 Å². The Bertz CT molecular complexity index is 677. The minimum Gasteiger partial charge on any atom is -0.398 e. The Morgan fingerprint density at radius 2 is 2.00 bits per heavy atom. The van der Waals surface area contributed by atoms with Crippen LogP contribution < -0.4 is 11.3 Å². The lowest BCUT2D eigenvalue weighted by Gasteiger charge is -2.16. The molecule has 0 aromatic carbocycles. The van der Waals surface area contributed by atoms with E-state index in [1.165, 1.54) is 30.7 Å². The van der Waals surface area contributed by atoms with Gasteiger partial charge >= 0.3 is 0 Å². The molecule has 2 aromatic rings. The number of rotatable bonds is 2. The van der Waals surface area contributed by atoms with Crippen molar-refractivity contribution in [2.75, 3.05) is 12.0 Å². The fourth-order valence-electron chi connectivity index (χ4n) is 2.74. The lowest BCUT2D eigenvalue weighted by molar-refractivity contribution is 0.514. The van der Waals surface area contributed by atoms with Gasteiger partial charge in [-0.1, -0.05) is 38.5 Å². The second-order valence-electron chi connectivity index (χ2n) is 4.84. The molecular weight excluding hydrogens is 284 g/mol. The van der Waals surface area contributed by atoms with E-state index in [0.29, 0.717) is 16.5 Å². The number of hydrogen-bond donors (Lipinski definition) is 1. The van der Waals surface area contributed by atoms with E-state index in [1.807, 2.05) is 20.1 Å². The van der Waals surface area contributed by atoms with Crippen molar-refractivity contribution in [3.8, 4) is 0 Å². The molecule has 6 heteroatoms. The molecule has 1 fully saturated rings. The molecule has 21 heavy (non-hydrogen) atoms. The summed E-state index contributed by atoms with van der Waals surface area (Å²) in [7, 11) is 0. The number of aromatic nitrogens is 3. The number of nitrogens with zero attached hydrogens (tertiary/aromatic N) is 3. The van der Waals surface area contributed by atoms with Gasteiger partial charge in [0.05, 0.1) is 5.39 Å². The summed E-state index contributed by atoms with van der Waals surface area (Å²) in [4.78, 5) is 21.0. The van der Waals surface area contributed by atoms with Gasteiger partial charge in [0.2, 0.25) is 0 Å². The Morgan fingerprint density at radius 1 is 1.33 bits per heavy atom. The third kappa shape index (κ3) is 3.05. The van der Waals surface area contributed by atoms with Gasteiger partial charge in [-0.25, -0.2) is 9.97 Å². The molecule has 1 aliphatic carbocycles. The van der Waals surface area contributed by atoms with Crippen LogP contribution in [0.3, 0.4) is 0 Å². The van der Waals surface area contributed by atoms with Gasteiger partial charge in [0.25, 0.3) is 5.56 Å². The molecule has 1 saturated carbocycles. The third-order valence-electron chi connectivity index (χ3n) is 3.67. The summed E-state index contributed by atoms with van der Waals surface area (Å²) in [6, 6.07) is 1.74. The standard InChI is InChI=1S/C13H16N4OS.C2H6/c1-19-13-15-7-9-10(14)6-11(18)17(12(9)16-13)8-4-2-3-5-8;1-2/h6-8H,2-5,14H2,1H3;1-2H3. The largest absolute Gasteiger partial charge is 0.398 e. The number of fused-ring (bicyclic) bond motifs is 1. The summed E-state index contributed by atoms with van der Waals surface area (Å²) in [6.07, 6.45) is 8.06. The van der Waals surface area contributed by atoms with Gasteiger partial charge in [-0.3, -0.25) is 9.36 Å². The average Bonchev–Trinajstić information content (AvgIpc) is 3.02. The molecule has 3 rings (SSSR count). The monoisotopic (exact) mass is 306 g/mol. The number of hydrogen-bond acceptors (Lipinski definition) is 5. The Hall–Kier alpha value is -1.56. The fourth-order valence-corrected chi connectivity index (χ4v) is 3.08. The maximum Gasteiger partial charge on any atom is 0.254 e. The van der Waals surface area contributed by atoms with Crippen molar-refractivity contribution in [1.29, 1.82) is 0 Å². The molecule has 0 atom stereocenters. The normalized spacial score (nSPS) is 15.0. The zero-order valence-electron chi connectivity index (χ0n) is 12.8. The van der Waals surface area contributed by atoms with Crippen LogP contribution in [0, 0.1) is 0 Å². The molecule has 0 spiro atoms. The predicted octanol–water partition coefficient (Wildman–Crippen LogP) is 3.24. The minimum atomic E-state index is -0.0531. The molecule has 0 saturated heterocycles. The molecule has 1 aliphatic rings. The van der Waals surface area contributed by atoms with Crippen LogP contribution >= 0.6 is 11.8 Å². The highest BCUT2D eigenvalue weighted by atomic mass is 32.2. The van der Waals surface area contributed by atoms with Crippen molar-refractivity contribution in [3.63, 3.8) is 0 Å². The first-order chi connectivity index (χ1) is 10.2. The van der Waals surface area contributed by atoms with Crippen molar-refractivity contribution in [3.05, 3.63) is 22.6 Å². The molecule has 0 bridgehead atoms. The molecule has 0 amide bonds. The number of pyridine rings is 1. The lowest BCUT2D eigenvalue weighted by atomic mass is 10.2. The first-order valence-electron chi connectivity index (χ1n) is 7.42. The van der Waals surface area contributed by atoms with E-state index in [9.17, 15) is 4.79 Å². The second-order valence-corrected chi connectivity index (χ2v) is 5.61. The van der Waals surface area contributed by atoms with Crippen LogP contribution in [0.15, 0.2) is 22.2 Å². The first-order valence-corrected chi connectivity index (χ1v) is 8.65. The molecule has 0 radical (unpaired) electrons. The van der Waals surface area contributed by atoms with Gasteiger partial charge in [-0.05, 0) is 19.1 Å². The van der Waals surface area contributed by atoms with Crippen molar-refractivity contribution in [1.82, 2.24) is 14.5 Å². The van der Waals surface area contributed by atoms with Crippen LogP contribution in [0.2, 0.25) is 0 Å². The number of nitrogens with two attached hydrogens (primary N) is 1. The summed E-state index contributed by atoms with van der Waals surface area (Å²) in [5, 5.41) is 1.44. The zero-order chi connectivity index (χ0) is 15.4. The molecule has 0 unspecified atom stereocenters. The highest BCUT2D eigenvalue weighted by Gasteiger charge is 2.21. The Morgan fingerprint density at radius 3 is 2.62 bits per heavy atom. The molecule has 0 aliphatic heterocycles. The molecular formula is C15H22N4OS. The number of nitrogen functional groups attached to an aromatic ring is 1. The van der Waals surface area contributed by atoms with E-state index in [0.717, 1.165) is 18.2 Å². The van der Waals surface area contributed by atoms with Gasteiger partial charge in [0.15, 0.2) is 5.16 Å². The van der Waals surface area contributed by atoms with Crippen LogP contribution in [-0.4, -0.2) is 20.8 Å². The molecule has 5 nitrogen and oxygen atoms in total. The number of anilines is 1. The van der Waals surface area contributed by atoms with Crippen LogP contribution in [0.5, 0.6) is 0 Å². The predicted molar refractivity (Wildman–Crippen MR) is 88.8 cm³/mol. The van der Waals surface area contributed by atoms with Crippen molar-refractivity contribution >= 4 is 28.5 Å². The van der Waals surface area contributed by atoms with Gasteiger partial charge in [-0.2, -0.15) is 0 Å². The van der Waals surface area contributed by atoms with E-state index in [-0.39, 0.29) is 11.6 Å². The van der Waals surface area contributed by atoms with Crippen LogP contribution in [0.4, 0.5) is 5.69 Å². The summed E-state index contributed by atoms with van der Waals surface area (Å²) in [5.74, 6) is 0. The van der Waals surface area contributed by atoms with E-state index < -0.39 is 0 Å². The lowest BCUT2D eigenvalue weighted by Crippen LogP contribution is -2.24. The second kappa shape index (κ2) is 6.93. The van der Waals surface area contributed by atoms with Crippen LogP contribution in [0.25, 0.3) is 11.0 Å². The summed E-state index contributed by atoms with van der Waals surface area (Å²) in [6.45, 7) is 4.00. The molecule has 114 valence electrons. The van der Waals surface area contributed by atoms with Crippen molar-refractivity contribution in [2.45, 2.75) is 50.7 Å². The van der Waals surface area contributed by atoms with Crippen molar-refractivity contribution in [2.24, 2.45) is 0 Å². The zero-order valence-corrected chi connectivity index (χ0v) is 13.6. The minimum absolute atomic E-state index is 0.0531. The molecule has 2 heterocycles. The Balaban J connectivity index is 0.000000774. The van der Waals surface area contributed by atoms with Crippen molar-refractivity contribution < 1.29 is 0 Å². The highest BCUT2D eigenvalue weighted by Crippen LogP contribution is 2.31. The highest BCUT2D eigenvalue weighted by molar-refractivity contribution is 7.98. The Labute approximate surface area is 129 Å². The summed E-state index contributed by atoms with van der Waals surface area (Å²) >= 11 is 1.47. The quantitative estimate of drug-likeness (QED) is 0.681. The Kier molecular flexibility index (Phi) is 5.22. The SMILES string of the molecule is CC.CSc1ncc2c(N)cc(=O)n(C3CCCC3)c2n1. The van der Waals surface area contributed by atoms with E-state index in [4.69, 9.17) is 5.73 Å². The van der Waals surface area contributed by atoms with E-state index in [2.05, 4.69) is 9.97 Å². The summed E-state index contributed by atoms with van der Waals surface area (Å²) < 4.78 is 1.81. The van der Waals surface area contributed by atoms with Crippen LogP contribution in [0.1, 0.15) is 45.6 Å². The first kappa shape index (κ1) is 15.8. The third-order valence-corrected chi connectivity index (χ3v) is 4.24. The van der Waals surface area contributed by atoms with Gasteiger partial charge in [-0.15, -0.1) is 0 Å². The van der Waals surface area contributed by atoms with E-state index >= 15 is 0 Å². The number of thioether (sulfide) groups is 1. The van der Waals surface area contributed by atoms with Crippen LogP contribution in [-0.2, 0) is 0 Å². The molecule has 2 aromatic heterocycles. The maximum atomic E-state index is 12.3. The van der Waals surface area contributed by atoms with E-state index in [1.54, 1.807) is 10.8 Å². The van der Waals surface area contributed by atoms with Gasteiger partial charge < -0.3 is 5.73 Å². The maximum absolute atomic E-state index is 12.3. The average molecular weight is 306 g/mol. The smallest absolute Gasteiger partial charge is 0.254 e. The fraction of sp³-hybridized carbons (Fsp3) is 0.533. The van der Waals surface area contributed by atoms with Gasteiger partial charge in [0.1, 0.15) is 5.65 Å². The molecule has 2 N–H and O–H groups in total.